The van der Waals surface area contributed by atoms with Crippen LogP contribution in [0.3, 0.4) is 0 Å². The molecular formula is C27H38ClN3O7S2. The molecule has 1 aliphatic heterocycles. The van der Waals surface area contributed by atoms with Crippen LogP contribution < -0.4 is 5.32 Å². The van der Waals surface area contributed by atoms with E-state index < -0.39 is 22.0 Å². The first-order valence-electron chi connectivity index (χ1n) is 13.2. The number of benzene rings is 1. The van der Waals surface area contributed by atoms with Crippen molar-refractivity contribution in [2.24, 2.45) is 0 Å². The number of rotatable bonds is 13. The molecule has 1 saturated heterocycles. The summed E-state index contributed by atoms with van der Waals surface area (Å²) in [7, 11) is -3.64. The van der Waals surface area contributed by atoms with Crippen LogP contribution in [0.4, 0.5) is 0 Å². The Kier molecular flexibility index (Phi) is 14.1. The molecule has 3 N–H and O–H groups in total. The summed E-state index contributed by atoms with van der Waals surface area (Å²) >= 11 is 7.01. The number of piperidine rings is 1. The number of carbonyl (C=O) groups excluding carboxylic acids is 1. The van der Waals surface area contributed by atoms with Crippen LogP contribution in [-0.2, 0) is 26.2 Å². The summed E-state index contributed by atoms with van der Waals surface area (Å²) < 4.78 is 28.2. The Balaban J connectivity index is 0.00000131. The zero-order chi connectivity index (χ0) is 29.7. The molecule has 3 rings (SSSR count). The topological polar surface area (TPSA) is 144 Å². The lowest BCUT2D eigenvalue weighted by atomic mass is 10.0. The molecule has 1 aromatic heterocycles. The first kappa shape index (κ1) is 33.7. The number of nitrogens with one attached hydrogen (secondary N) is 1. The van der Waals surface area contributed by atoms with Gasteiger partial charge in [-0.15, -0.1) is 11.3 Å². The van der Waals surface area contributed by atoms with Crippen molar-refractivity contribution >= 4 is 50.8 Å². The van der Waals surface area contributed by atoms with E-state index >= 15 is 0 Å². The fourth-order valence-electron chi connectivity index (χ4n) is 4.34. The van der Waals surface area contributed by atoms with Crippen LogP contribution >= 0.6 is 22.9 Å². The van der Waals surface area contributed by atoms with Crippen molar-refractivity contribution < 1.29 is 33.0 Å². The third-order valence-electron chi connectivity index (χ3n) is 6.34. The predicted molar refractivity (Wildman–Crippen MR) is 155 cm³/mol. The second-order valence-electron chi connectivity index (χ2n) is 9.49. The summed E-state index contributed by atoms with van der Waals surface area (Å²) in [5, 5.41) is 20.1. The number of carbonyl (C=O) groups is 3. The van der Waals surface area contributed by atoms with Crippen molar-refractivity contribution in [3.63, 3.8) is 0 Å². The first-order valence-corrected chi connectivity index (χ1v) is 15.9. The van der Waals surface area contributed by atoms with Crippen molar-refractivity contribution in [2.45, 2.75) is 69.2 Å². The molecule has 1 amide bonds. The minimum Gasteiger partial charge on any atom is -0.481 e. The maximum absolute atomic E-state index is 13.2. The molecule has 2 aromatic rings. The largest absolute Gasteiger partial charge is 0.481 e. The molecule has 10 nitrogen and oxygen atoms in total. The minimum absolute atomic E-state index is 0.0143. The summed E-state index contributed by atoms with van der Waals surface area (Å²) in [6, 6.07) is 9.92. The van der Waals surface area contributed by atoms with Gasteiger partial charge in [-0.3, -0.25) is 19.3 Å². The molecule has 0 unspecified atom stereocenters. The van der Waals surface area contributed by atoms with Crippen LogP contribution in [0.2, 0.25) is 5.02 Å². The third kappa shape index (κ3) is 11.2. The van der Waals surface area contributed by atoms with Gasteiger partial charge in [-0.1, -0.05) is 37.8 Å². The van der Waals surface area contributed by atoms with Gasteiger partial charge in [0.1, 0.15) is 4.21 Å². The average Bonchev–Trinajstić information content (AvgIpc) is 3.39. The van der Waals surface area contributed by atoms with Gasteiger partial charge in [0.05, 0.1) is 13.1 Å². The van der Waals surface area contributed by atoms with E-state index in [1.54, 1.807) is 36.4 Å². The molecule has 0 bridgehead atoms. The fraction of sp³-hybridized carbons (Fsp3) is 0.519. The highest BCUT2D eigenvalue weighted by molar-refractivity contribution is 7.91. The zero-order valence-corrected chi connectivity index (χ0v) is 25.2. The molecule has 13 heteroatoms. The van der Waals surface area contributed by atoms with E-state index in [2.05, 4.69) is 12.2 Å². The van der Waals surface area contributed by atoms with Crippen molar-refractivity contribution in [2.75, 3.05) is 26.2 Å². The fourth-order valence-corrected chi connectivity index (χ4v) is 7.39. The number of carboxylic acid groups (broad SMARTS) is 2. The lowest BCUT2D eigenvalue weighted by Gasteiger charge is -2.37. The highest BCUT2D eigenvalue weighted by Crippen LogP contribution is 2.28. The van der Waals surface area contributed by atoms with Gasteiger partial charge < -0.3 is 15.5 Å². The number of sulfonamides is 1. The van der Waals surface area contributed by atoms with Crippen LogP contribution in [0.5, 0.6) is 0 Å². The molecule has 1 fully saturated rings. The summed E-state index contributed by atoms with van der Waals surface area (Å²) in [5.74, 6) is -1.94. The zero-order valence-electron chi connectivity index (χ0n) is 22.8. The normalized spacial score (nSPS) is 14.4. The van der Waals surface area contributed by atoms with Crippen molar-refractivity contribution in [1.82, 2.24) is 14.5 Å². The smallest absolute Gasteiger partial charge is 0.317 e. The number of thiophene rings is 1. The minimum atomic E-state index is -3.64. The third-order valence-corrected chi connectivity index (χ3v) is 10.0. The Hall–Kier alpha value is -2.51. The Labute approximate surface area is 245 Å². The molecular weight excluding hydrogens is 578 g/mol. The number of hydrogen-bond acceptors (Lipinski definition) is 7. The van der Waals surface area contributed by atoms with E-state index in [0.717, 1.165) is 55.4 Å². The molecule has 0 saturated carbocycles. The molecule has 0 radical (unpaired) electrons. The van der Waals surface area contributed by atoms with E-state index in [9.17, 15) is 23.1 Å². The van der Waals surface area contributed by atoms with Gasteiger partial charge in [0.2, 0.25) is 0 Å². The highest BCUT2D eigenvalue weighted by Gasteiger charge is 2.33. The summed E-state index contributed by atoms with van der Waals surface area (Å²) in [6.07, 6.45) is 5.48. The molecule has 2 heterocycles. The van der Waals surface area contributed by atoms with Gasteiger partial charge in [-0.05, 0) is 62.2 Å². The highest BCUT2D eigenvalue weighted by atomic mass is 35.5. The first-order chi connectivity index (χ1) is 18.9. The van der Waals surface area contributed by atoms with Gasteiger partial charge in [-0.2, -0.15) is 4.31 Å². The van der Waals surface area contributed by atoms with Gasteiger partial charge in [0, 0.05) is 41.5 Å². The second-order valence-corrected chi connectivity index (χ2v) is 13.3. The van der Waals surface area contributed by atoms with E-state index in [1.165, 1.54) is 4.31 Å². The average molecular weight is 616 g/mol. The van der Waals surface area contributed by atoms with Crippen LogP contribution in [0.15, 0.2) is 40.6 Å². The van der Waals surface area contributed by atoms with Gasteiger partial charge in [-0.25, -0.2) is 8.42 Å². The van der Waals surface area contributed by atoms with E-state index in [1.807, 2.05) is 4.90 Å². The van der Waals surface area contributed by atoms with Crippen molar-refractivity contribution in [1.29, 1.82) is 0 Å². The van der Waals surface area contributed by atoms with Crippen LogP contribution in [0, 0.1) is 0 Å². The lowest BCUT2D eigenvalue weighted by molar-refractivity contribution is -0.139. The number of aliphatic carboxylic acids is 2. The van der Waals surface area contributed by atoms with E-state index in [0.29, 0.717) is 36.5 Å². The lowest BCUT2D eigenvalue weighted by Crippen LogP contribution is -2.48. The Morgan fingerprint density at radius 2 is 1.68 bits per heavy atom. The molecule has 0 aliphatic carbocycles. The second kappa shape index (κ2) is 16.7. The molecule has 1 aromatic carbocycles. The Morgan fingerprint density at radius 3 is 2.25 bits per heavy atom. The number of unbranched alkanes of at least 4 members (excludes halogenated alkanes) is 3. The quantitative estimate of drug-likeness (QED) is 0.279. The number of halogens is 1. The molecule has 0 spiro atoms. The van der Waals surface area contributed by atoms with Gasteiger partial charge >= 0.3 is 5.97 Å². The molecule has 0 atom stereocenters. The Morgan fingerprint density at radius 1 is 1.05 bits per heavy atom. The van der Waals surface area contributed by atoms with E-state index in [-0.39, 0.29) is 29.2 Å². The monoisotopic (exact) mass is 615 g/mol. The van der Waals surface area contributed by atoms with Crippen LogP contribution in [0.25, 0.3) is 0 Å². The van der Waals surface area contributed by atoms with Crippen LogP contribution in [-0.4, -0.2) is 77.9 Å². The summed E-state index contributed by atoms with van der Waals surface area (Å²) in [4.78, 5) is 35.4. The standard InChI is InChI=1S/C25H34ClN3O5S2.C2H4O2/c1-2-3-4-5-14-28(18-23(30)31)21-12-15-29(16-13-21)36(33,34)24-11-10-22(35-24)17-27-25(32)19-6-8-20(26)9-7-19;1-2(3)4/h6-11,21H,2-5,12-18H2,1H3,(H,27,32)(H,30,31);1H3,(H,3,4). The van der Waals surface area contributed by atoms with E-state index in [4.69, 9.17) is 21.5 Å². The maximum Gasteiger partial charge on any atom is 0.317 e. The number of amides is 1. The summed E-state index contributed by atoms with van der Waals surface area (Å²) in [6.45, 7) is 4.88. The number of carboxylic acids is 2. The molecule has 222 valence electrons. The van der Waals surface area contributed by atoms with Gasteiger partial charge in [0.15, 0.2) is 0 Å². The summed E-state index contributed by atoms with van der Waals surface area (Å²) in [5.41, 5.74) is 0.481. The predicted octanol–water partition coefficient (Wildman–Crippen LogP) is 4.54. The van der Waals surface area contributed by atoms with Crippen LogP contribution in [0.1, 0.15) is 67.6 Å². The van der Waals surface area contributed by atoms with Crippen molar-refractivity contribution in [3.05, 3.63) is 51.9 Å². The van der Waals surface area contributed by atoms with Crippen molar-refractivity contribution in [3.8, 4) is 0 Å². The number of nitrogens with zero attached hydrogens (tertiary/aromatic N) is 2. The number of hydrogen-bond donors (Lipinski definition) is 3. The molecule has 40 heavy (non-hydrogen) atoms. The molecule has 1 aliphatic rings. The van der Waals surface area contributed by atoms with Gasteiger partial charge in [0.25, 0.3) is 21.9 Å². The Bertz CT molecular complexity index is 1210. The SMILES string of the molecule is CC(=O)O.CCCCCCN(CC(=O)O)C1CCN(S(=O)(=O)c2ccc(CNC(=O)c3ccc(Cl)cc3)s2)CC1. The maximum atomic E-state index is 13.2.